The van der Waals surface area contributed by atoms with Gasteiger partial charge in [-0.05, 0) is 46.0 Å². The number of rotatable bonds is 8. The predicted octanol–water partition coefficient (Wildman–Crippen LogP) is 7.68. The average Bonchev–Trinajstić information content (AvgIpc) is 2.97. The van der Waals surface area contributed by atoms with Crippen LogP contribution in [-0.4, -0.2) is 16.5 Å². The molecule has 0 heterocycles. The predicted molar refractivity (Wildman–Crippen MR) is 153 cm³/mol. The minimum absolute atomic E-state index is 0.0114. The number of phenolic OH excluding ortho intramolecular Hbond substituents is 2. The molecule has 3 N–H and O–H groups in total. The second-order valence-electron chi connectivity index (χ2n) is 8.99. The van der Waals surface area contributed by atoms with Gasteiger partial charge < -0.3 is 15.5 Å². The molecule has 4 nitrogen and oxygen atoms in total. The number of anilines is 2. The fraction of sp³-hybridized carbons (Fsp3) is 0.0294. The lowest BCUT2D eigenvalue weighted by atomic mass is 9.64. The molecule has 0 atom stereocenters. The van der Waals surface area contributed by atoms with E-state index in [1.54, 1.807) is 30.3 Å². The topological polar surface area (TPSA) is 69.6 Å². The lowest BCUT2D eigenvalue weighted by molar-refractivity contribution is 0.112. The van der Waals surface area contributed by atoms with Gasteiger partial charge in [-0.3, -0.25) is 4.79 Å². The summed E-state index contributed by atoms with van der Waals surface area (Å²) in [7, 11) is 0. The van der Waals surface area contributed by atoms with Gasteiger partial charge >= 0.3 is 0 Å². The molecule has 0 radical (unpaired) electrons. The molecule has 0 aromatic heterocycles. The van der Waals surface area contributed by atoms with Crippen LogP contribution in [-0.2, 0) is 5.41 Å². The molecule has 5 rings (SSSR count). The minimum atomic E-state index is -0.846. The second-order valence-corrected chi connectivity index (χ2v) is 8.99. The maximum absolute atomic E-state index is 11.5. The zero-order valence-electron chi connectivity index (χ0n) is 20.7. The first-order valence-corrected chi connectivity index (χ1v) is 12.3. The van der Waals surface area contributed by atoms with Crippen LogP contribution in [0.4, 0.5) is 11.4 Å². The average molecular weight is 498 g/mol. The Labute approximate surface area is 222 Å². The third kappa shape index (κ3) is 4.22. The monoisotopic (exact) mass is 497 g/mol. The van der Waals surface area contributed by atoms with Crippen LogP contribution in [0.1, 0.15) is 38.2 Å². The summed E-state index contributed by atoms with van der Waals surface area (Å²) in [5, 5.41) is 25.2. The summed E-state index contributed by atoms with van der Waals surface area (Å²) in [5.74, 6) is -0.172. The van der Waals surface area contributed by atoms with Gasteiger partial charge in [0.2, 0.25) is 0 Å². The van der Waals surface area contributed by atoms with Crippen molar-refractivity contribution in [2.45, 2.75) is 5.41 Å². The summed E-state index contributed by atoms with van der Waals surface area (Å²) in [6, 6.07) is 38.8. The first-order valence-electron chi connectivity index (χ1n) is 12.3. The van der Waals surface area contributed by atoms with Crippen LogP contribution in [0.5, 0.6) is 11.5 Å². The highest BCUT2D eigenvalue weighted by Crippen LogP contribution is 2.50. The molecular weight excluding hydrogens is 470 g/mol. The molecule has 38 heavy (non-hydrogen) atoms. The van der Waals surface area contributed by atoms with Gasteiger partial charge in [-0.2, -0.15) is 0 Å². The number of hydrogen-bond donors (Lipinski definition) is 3. The van der Waals surface area contributed by atoms with E-state index in [0.29, 0.717) is 17.7 Å². The number of para-hydroxylation sites is 2. The summed E-state index contributed by atoms with van der Waals surface area (Å²) >= 11 is 0. The molecule has 0 fully saturated rings. The molecule has 186 valence electrons. The highest BCUT2D eigenvalue weighted by Gasteiger charge is 2.40. The van der Waals surface area contributed by atoms with E-state index in [1.807, 2.05) is 60.7 Å². The Balaban J connectivity index is 1.87. The third-order valence-electron chi connectivity index (χ3n) is 6.89. The summed E-state index contributed by atoms with van der Waals surface area (Å²) in [5.41, 5.74) is 4.80. The van der Waals surface area contributed by atoms with E-state index < -0.39 is 5.41 Å². The van der Waals surface area contributed by atoms with Crippen molar-refractivity contribution in [3.05, 3.63) is 161 Å². The number of phenols is 2. The van der Waals surface area contributed by atoms with Crippen LogP contribution in [0.2, 0.25) is 0 Å². The number of benzene rings is 5. The van der Waals surface area contributed by atoms with E-state index in [1.165, 1.54) is 0 Å². The van der Waals surface area contributed by atoms with E-state index in [0.717, 1.165) is 27.8 Å². The quantitative estimate of drug-likeness (QED) is 0.117. The first-order chi connectivity index (χ1) is 18.6. The molecule has 0 saturated carbocycles. The lowest BCUT2D eigenvalue weighted by Gasteiger charge is -2.38. The minimum Gasteiger partial charge on any atom is -0.506 e. The Morgan fingerprint density at radius 3 is 1.82 bits per heavy atom. The smallest absolute Gasteiger partial charge is 0.153 e. The summed E-state index contributed by atoms with van der Waals surface area (Å²) < 4.78 is 0. The van der Waals surface area contributed by atoms with Crippen molar-refractivity contribution < 1.29 is 15.0 Å². The summed E-state index contributed by atoms with van der Waals surface area (Å²) in [4.78, 5) is 11.5. The molecular formula is C34H27NO3. The van der Waals surface area contributed by atoms with Crippen LogP contribution < -0.4 is 5.32 Å². The van der Waals surface area contributed by atoms with Crippen LogP contribution >= 0.6 is 0 Å². The molecule has 4 heteroatoms. The molecule has 0 aliphatic carbocycles. The van der Waals surface area contributed by atoms with Crippen molar-refractivity contribution in [1.82, 2.24) is 0 Å². The molecule has 0 unspecified atom stereocenters. The molecule has 0 aliphatic rings. The van der Waals surface area contributed by atoms with Gasteiger partial charge in [-0.1, -0.05) is 116 Å². The van der Waals surface area contributed by atoms with Crippen molar-refractivity contribution in [2.75, 3.05) is 5.32 Å². The fourth-order valence-electron chi connectivity index (χ4n) is 5.09. The Hall–Kier alpha value is -5.09. The number of nitrogens with one attached hydrogen (secondary N) is 1. The standard InChI is InChI=1S/C34H27NO3/c1-2-24-19-21-28(22-20-24)34(26-12-5-3-6-13-26,27-14-7-4-8-15-27)29-16-10-18-31(37)32(29)35-30-17-9-11-25(23-36)33(30)38/h2-23,35,37-38H,1H2. The van der Waals surface area contributed by atoms with Crippen molar-refractivity contribution >= 4 is 23.7 Å². The molecule has 0 saturated heterocycles. The number of carbonyl (C=O) groups excluding carboxylic acids is 1. The van der Waals surface area contributed by atoms with Gasteiger partial charge in [0.1, 0.15) is 11.5 Å². The maximum Gasteiger partial charge on any atom is 0.153 e. The third-order valence-corrected chi connectivity index (χ3v) is 6.89. The molecule has 5 aromatic rings. The van der Waals surface area contributed by atoms with E-state index in [9.17, 15) is 15.0 Å². The van der Waals surface area contributed by atoms with Gasteiger partial charge in [0.25, 0.3) is 0 Å². The SMILES string of the molecule is C=Cc1ccc(C(c2ccccc2)(c2ccccc2)c2cccc(O)c2Nc2cccc(C=O)c2O)cc1. The largest absolute Gasteiger partial charge is 0.506 e. The van der Waals surface area contributed by atoms with Crippen molar-refractivity contribution in [2.24, 2.45) is 0 Å². The molecule has 0 aliphatic heterocycles. The summed E-state index contributed by atoms with van der Waals surface area (Å²) in [6.07, 6.45) is 2.41. The highest BCUT2D eigenvalue weighted by molar-refractivity contribution is 5.86. The zero-order chi connectivity index (χ0) is 26.5. The maximum atomic E-state index is 11.5. The summed E-state index contributed by atoms with van der Waals surface area (Å²) in [6.45, 7) is 3.90. The van der Waals surface area contributed by atoms with Crippen molar-refractivity contribution in [3.63, 3.8) is 0 Å². The zero-order valence-corrected chi connectivity index (χ0v) is 20.7. The van der Waals surface area contributed by atoms with Gasteiger partial charge in [0.15, 0.2) is 6.29 Å². The van der Waals surface area contributed by atoms with Crippen LogP contribution in [0.25, 0.3) is 6.08 Å². The van der Waals surface area contributed by atoms with E-state index in [-0.39, 0.29) is 17.1 Å². The highest BCUT2D eigenvalue weighted by atomic mass is 16.3. The Kier molecular flexibility index (Phi) is 6.79. The van der Waals surface area contributed by atoms with E-state index in [4.69, 9.17) is 0 Å². The van der Waals surface area contributed by atoms with Gasteiger partial charge in [0.05, 0.1) is 22.4 Å². The molecule has 0 bridgehead atoms. The van der Waals surface area contributed by atoms with Gasteiger partial charge in [0, 0.05) is 0 Å². The molecule has 5 aromatic carbocycles. The fourth-order valence-corrected chi connectivity index (χ4v) is 5.09. The Morgan fingerprint density at radius 2 is 1.24 bits per heavy atom. The van der Waals surface area contributed by atoms with E-state index in [2.05, 4.69) is 48.3 Å². The van der Waals surface area contributed by atoms with Crippen LogP contribution in [0.3, 0.4) is 0 Å². The number of carbonyl (C=O) groups is 1. The number of aldehydes is 1. The first kappa shape index (κ1) is 24.6. The normalized spacial score (nSPS) is 11.1. The van der Waals surface area contributed by atoms with Crippen molar-refractivity contribution in [1.29, 1.82) is 0 Å². The van der Waals surface area contributed by atoms with Gasteiger partial charge in [-0.15, -0.1) is 0 Å². The van der Waals surface area contributed by atoms with Crippen LogP contribution in [0.15, 0.2) is 128 Å². The molecule has 0 spiro atoms. The van der Waals surface area contributed by atoms with E-state index >= 15 is 0 Å². The lowest BCUT2D eigenvalue weighted by Crippen LogP contribution is -2.31. The molecule has 0 amide bonds. The van der Waals surface area contributed by atoms with Gasteiger partial charge in [-0.25, -0.2) is 0 Å². The van der Waals surface area contributed by atoms with Crippen LogP contribution in [0, 0.1) is 0 Å². The Morgan fingerprint density at radius 1 is 0.658 bits per heavy atom. The second kappa shape index (κ2) is 10.5. The van der Waals surface area contributed by atoms with Crippen molar-refractivity contribution in [3.8, 4) is 11.5 Å². The number of hydrogen-bond acceptors (Lipinski definition) is 4. The number of aromatic hydroxyl groups is 2. The Bertz CT molecular complexity index is 1540.